The van der Waals surface area contributed by atoms with Crippen LogP contribution in [0.15, 0.2) is 24.3 Å². The summed E-state index contributed by atoms with van der Waals surface area (Å²) in [5.41, 5.74) is -0.906. The Morgan fingerprint density at radius 1 is 1.14 bits per heavy atom. The second-order valence-corrected chi connectivity index (χ2v) is 9.59. The highest BCUT2D eigenvalue weighted by molar-refractivity contribution is 6.09. The highest BCUT2D eigenvalue weighted by atomic mass is 19.4. The van der Waals surface area contributed by atoms with Crippen molar-refractivity contribution >= 4 is 23.5 Å². The molecule has 0 bridgehead atoms. The number of hydrogen-bond acceptors (Lipinski definition) is 5. The molecule has 4 rings (SSSR count). The van der Waals surface area contributed by atoms with Gasteiger partial charge in [0.2, 0.25) is 5.91 Å². The molecule has 1 unspecified atom stereocenters. The predicted molar refractivity (Wildman–Crippen MR) is 124 cm³/mol. The Balaban J connectivity index is 1.18. The minimum absolute atomic E-state index is 0.304. The zero-order valence-electron chi connectivity index (χ0n) is 19.9. The van der Waals surface area contributed by atoms with Crippen molar-refractivity contribution in [2.45, 2.75) is 56.8 Å². The van der Waals surface area contributed by atoms with Crippen LogP contribution in [0.5, 0.6) is 0 Å². The first-order valence-electron chi connectivity index (χ1n) is 12.2. The van der Waals surface area contributed by atoms with Crippen LogP contribution in [0.1, 0.15) is 44.6 Å². The lowest BCUT2D eigenvalue weighted by atomic mass is 9.97. The Labute approximate surface area is 202 Å². The van der Waals surface area contributed by atoms with Gasteiger partial charge in [-0.05, 0) is 50.9 Å². The Bertz CT molecular complexity index is 956. The second-order valence-electron chi connectivity index (χ2n) is 9.59. The maximum absolute atomic E-state index is 13.0. The van der Waals surface area contributed by atoms with Crippen LogP contribution in [0.25, 0.3) is 0 Å². The standard InChI is InChI=1S/C24H32F3N5O3/c1-17(32-21(34)23(29-22(32)35)8-2-3-9-23)20(33)28-10-5-11-30-12-14-31(15-13-30)19-7-4-6-18(16-19)24(25,26)27/h4,6-7,16-17H,2-3,5,8-15H2,1H3,(H,28,33)(H,29,35). The number of carbonyl (C=O) groups excluding carboxylic acids is 3. The van der Waals surface area contributed by atoms with Crippen molar-refractivity contribution in [1.29, 1.82) is 0 Å². The summed E-state index contributed by atoms with van der Waals surface area (Å²) >= 11 is 0. The first-order chi connectivity index (χ1) is 16.6. The molecule has 1 atom stereocenters. The van der Waals surface area contributed by atoms with Crippen LogP contribution in [0, 0.1) is 0 Å². The van der Waals surface area contributed by atoms with E-state index in [1.54, 1.807) is 13.0 Å². The molecular formula is C24H32F3N5O3. The molecule has 1 aromatic rings. The van der Waals surface area contributed by atoms with E-state index in [0.717, 1.165) is 30.4 Å². The number of anilines is 1. The number of halogens is 3. The SMILES string of the molecule is CC(C(=O)NCCCN1CCN(c2cccc(C(F)(F)F)c2)CC1)N1C(=O)NC2(CCCC2)C1=O. The number of imide groups is 1. The smallest absolute Gasteiger partial charge is 0.369 e. The molecule has 192 valence electrons. The number of nitrogens with one attached hydrogen (secondary N) is 2. The number of rotatable bonds is 7. The van der Waals surface area contributed by atoms with Gasteiger partial charge in [-0.25, -0.2) is 9.69 Å². The van der Waals surface area contributed by atoms with Gasteiger partial charge < -0.3 is 15.5 Å². The van der Waals surface area contributed by atoms with Crippen LogP contribution in [0.2, 0.25) is 0 Å². The Morgan fingerprint density at radius 2 is 1.83 bits per heavy atom. The summed E-state index contributed by atoms with van der Waals surface area (Å²) in [5.74, 6) is -0.667. The average Bonchev–Trinajstić information content (AvgIpc) is 3.40. The fraction of sp³-hybridized carbons (Fsp3) is 0.625. The fourth-order valence-electron chi connectivity index (χ4n) is 5.20. The molecule has 11 heteroatoms. The fourth-order valence-corrected chi connectivity index (χ4v) is 5.20. The summed E-state index contributed by atoms with van der Waals surface area (Å²) in [7, 11) is 0. The Morgan fingerprint density at radius 3 is 2.49 bits per heavy atom. The number of nitrogens with zero attached hydrogens (tertiary/aromatic N) is 3. The van der Waals surface area contributed by atoms with E-state index < -0.39 is 29.4 Å². The van der Waals surface area contributed by atoms with Gasteiger partial charge in [0.25, 0.3) is 5.91 Å². The zero-order valence-corrected chi connectivity index (χ0v) is 19.9. The van der Waals surface area contributed by atoms with Gasteiger partial charge in [-0.3, -0.25) is 14.5 Å². The summed E-state index contributed by atoms with van der Waals surface area (Å²) in [5, 5.41) is 5.61. The van der Waals surface area contributed by atoms with E-state index in [9.17, 15) is 27.6 Å². The van der Waals surface area contributed by atoms with Crippen LogP contribution in [0.3, 0.4) is 0 Å². The van der Waals surface area contributed by atoms with Crippen molar-refractivity contribution < 1.29 is 27.6 Å². The second kappa shape index (κ2) is 10.0. The van der Waals surface area contributed by atoms with Crippen LogP contribution in [-0.2, 0) is 15.8 Å². The van der Waals surface area contributed by atoms with E-state index in [1.807, 2.05) is 4.90 Å². The van der Waals surface area contributed by atoms with Crippen LogP contribution in [0.4, 0.5) is 23.7 Å². The monoisotopic (exact) mass is 495 g/mol. The van der Waals surface area contributed by atoms with Crippen LogP contribution in [-0.4, -0.2) is 78.5 Å². The molecular weight excluding hydrogens is 463 g/mol. The normalized spacial score (nSPS) is 21.5. The Hall–Kier alpha value is -2.82. The molecule has 3 fully saturated rings. The highest BCUT2D eigenvalue weighted by Crippen LogP contribution is 2.36. The van der Waals surface area contributed by atoms with E-state index in [0.29, 0.717) is 57.7 Å². The average molecular weight is 496 g/mol. The molecule has 0 aromatic heterocycles. The molecule has 2 saturated heterocycles. The predicted octanol–water partition coefficient (Wildman–Crippen LogP) is 2.59. The van der Waals surface area contributed by atoms with E-state index in [-0.39, 0.29) is 11.8 Å². The maximum atomic E-state index is 13.0. The van der Waals surface area contributed by atoms with Crippen molar-refractivity contribution in [1.82, 2.24) is 20.4 Å². The quantitative estimate of drug-likeness (QED) is 0.449. The summed E-state index contributed by atoms with van der Waals surface area (Å²) in [4.78, 5) is 43.0. The highest BCUT2D eigenvalue weighted by Gasteiger charge is 2.54. The maximum Gasteiger partial charge on any atom is 0.416 e. The molecule has 2 heterocycles. The van der Waals surface area contributed by atoms with E-state index in [2.05, 4.69) is 15.5 Å². The molecule has 3 aliphatic rings. The summed E-state index contributed by atoms with van der Waals surface area (Å²) in [6, 6.07) is 4.01. The Kier molecular flexibility index (Phi) is 7.25. The van der Waals surface area contributed by atoms with Gasteiger partial charge in [-0.2, -0.15) is 13.2 Å². The van der Waals surface area contributed by atoms with Gasteiger partial charge in [-0.1, -0.05) is 18.9 Å². The number of alkyl halides is 3. The lowest BCUT2D eigenvalue weighted by Gasteiger charge is -2.36. The molecule has 35 heavy (non-hydrogen) atoms. The van der Waals surface area contributed by atoms with Crippen molar-refractivity contribution in [3.05, 3.63) is 29.8 Å². The largest absolute Gasteiger partial charge is 0.416 e. The van der Waals surface area contributed by atoms with Crippen molar-refractivity contribution in [3.63, 3.8) is 0 Å². The van der Waals surface area contributed by atoms with Gasteiger partial charge >= 0.3 is 12.2 Å². The molecule has 0 radical (unpaired) electrons. The van der Waals surface area contributed by atoms with Crippen LogP contribution >= 0.6 is 0 Å². The molecule has 1 saturated carbocycles. The summed E-state index contributed by atoms with van der Waals surface area (Å²) in [6.07, 6.45) is -0.675. The first kappa shape index (κ1) is 25.3. The number of piperazine rings is 1. The topological polar surface area (TPSA) is 85.0 Å². The number of hydrogen-bond donors (Lipinski definition) is 2. The summed E-state index contributed by atoms with van der Waals surface area (Å²) < 4.78 is 38.9. The van der Waals surface area contributed by atoms with E-state index >= 15 is 0 Å². The van der Waals surface area contributed by atoms with Crippen molar-refractivity contribution in [2.75, 3.05) is 44.2 Å². The molecule has 1 aromatic carbocycles. The third-order valence-electron chi connectivity index (χ3n) is 7.28. The third-order valence-corrected chi connectivity index (χ3v) is 7.28. The van der Waals surface area contributed by atoms with Gasteiger partial charge in [0.1, 0.15) is 11.6 Å². The molecule has 2 aliphatic heterocycles. The zero-order chi connectivity index (χ0) is 25.2. The third kappa shape index (κ3) is 5.39. The molecule has 1 spiro atoms. The number of carbonyl (C=O) groups is 3. The van der Waals surface area contributed by atoms with Gasteiger partial charge in [0.05, 0.1) is 5.56 Å². The molecule has 2 N–H and O–H groups in total. The minimum Gasteiger partial charge on any atom is -0.369 e. The van der Waals surface area contributed by atoms with Gasteiger partial charge in [0.15, 0.2) is 0 Å². The molecule has 4 amide bonds. The van der Waals surface area contributed by atoms with E-state index in [1.165, 1.54) is 12.1 Å². The lowest BCUT2D eigenvalue weighted by molar-refractivity contribution is -0.138. The summed E-state index contributed by atoms with van der Waals surface area (Å²) in [6.45, 7) is 5.38. The number of benzene rings is 1. The molecule has 8 nitrogen and oxygen atoms in total. The van der Waals surface area contributed by atoms with Crippen molar-refractivity contribution in [2.24, 2.45) is 0 Å². The number of urea groups is 1. The first-order valence-corrected chi connectivity index (χ1v) is 12.2. The van der Waals surface area contributed by atoms with Crippen LogP contribution < -0.4 is 15.5 Å². The van der Waals surface area contributed by atoms with Gasteiger partial charge in [-0.15, -0.1) is 0 Å². The number of amides is 4. The van der Waals surface area contributed by atoms with E-state index in [4.69, 9.17) is 0 Å². The van der Waals surface area contributed by atoms with Gasteiger partial charge in [0, 0.05) is 38.4 Å². The van der Waals surface area contributed by atoms with Crippen molar-refractivity contribution in [3.8, 4) is 0 Å². The minimum atomic E-state index is -4.36. The molecule has 1 aliphatic carbocycles. The lowest BCUT2D eigenvalue weighted by Crippen LogP contribution is -2.50.